The van der Waals surface area contributed by atoms with Gasteiger partial charge < -0.3 is 14.7 Å². The van der Waals surface area contributed by atoms with E-state index in [9.17, 15) is 0 Å². The summed E-state index contributed by atoms with van der Waals surface area (Å²) in [5.74, 6) is 0.831. The molecule has 6 heteroatoms. The maximum Gasteiger partial charge on any atom is 0.157 e. The fraction of sp³-hybridized carbons (Fsp3) is 0.0345. The van der Waals surface area contributed by atoms with Crippen LogP contribution in [0.3, 0.4) is 0 Å². The number of hydrogen-bond donors (Lipinski definition) is 1. The van der Waals surface area contributed by atoms with Gasteiger partial charge in [0, 0.05) is 48.0 Å². The van der Waals surface area contributed by atoms with Gasteiger partial charge in [-0.05, 0) is 77.2 Å². The molecule has 0 radical (unpaired) electrons. The summed E-state index contributed by atoms with van der Waals surface area (Å²) in [5, 5.41) is 6.69. The van der Waals surface area contributed by atoms with Crippen molar-refractivity contribution in [2.75, 3.05) is 0 Å². The highest BCUT2D eigenvalue weighted by Gasteiger charge is 2.20. The molecule has 0 aliphatic carbocycles. The Morgan fingerprint density at radius 1 is 0.656 bits per heavy atom. The second kappa shape index (κ2) is 16.3. The van der Waals surface area contributed by atoms with E-state index in [1.807, 2.05) is 60.7 Å². The molecule has 306 valence electrons. The fourth-order valence-electron chi connectivity index (χ4n) is 9.07. The Hall–Kier alpha value is -8.06. The normalized spacial score (nSPS) is 13.2. The molecule has 64 heavy (non-hydrogen) atoms. The summed E-state index contributed by atoms with van der Waals surface area (Å²) in [7, 11) is 0. The van der Waals surface area contributed by atoms with Crippen LogP contribution in [-0.2, 0) is 6.54 Å². The summed E-state index contributed by atoms with van der Waals surface area (Å²) < 4.78 is 11.4. The van der Waals surface area contributed by atoms with Crippen LogP contribution in [0.1, 0.15) is 18.1 Å². The SMILES string of the molecule is C=C/C(C(N)=NC(=NCc1ccccc1)c1ccc(-c2ccccc2)cc1)=c1\c(=C/C)oc2ccc(-c3ccc(-n4c5ccccc5c5ccccc54)c4sc5ccccc5c34)cc12. The molecular formula is C58H42N4OS. The van der Waals surface area contributed by atoms with Crippen molar-refractivity contribution < 1.29 is 4.42 Å². The van der Waals surface area contributed by atoms with Gasteiger partial charge in [-0.3, -0.25) is 4.99 Å². The van der Waals surface area contributed by atoms with Crippen molar-refractivity contribution >= 4 is 87.6 Å². The lowest BCUT2D eigenvalue weighted by atomic mass is 9.97. The minimum absolute atomic E-state index is 0.298. The lowest BCUT2D eigenvalue weighted by molar-refractivity contribution is 0.575. The average molecular weight is 843 g/mol. The van der Waals surface area contributed by atoms with Crippen molar-refractivity contribution in [1.29, 1.82) is 0 Å². The minimum Gasteiger partial charge on any atom is -0.456 e. The van der Waals surface area contributed by atoms with E-state index in [1.165, 1.54) is 42.0 Å². The third-order valence-electron chi connectivity index (χ3n) is 12.1. The van der Waals surface area contributed by atoms with E-state index < -0.39 is 0 Å². The smallest absolute Gasteiger partial charge is 0.157 e. The van der Waals surface area contributed by atoms with Gasteiger partial charge in [-0.25, -0.2) is 4.99 Å². The highest BCUT2D eigenvalue weighted by atomic mass is 32.1. The van der Waals surface area contributed by atoms with Crippen molar-refractivity contribution in [3.05, 3.63) is 222 Å². The third-order valence-corrected chi connectivity index (χ3v) is 13.3. The Labute approximate surface area is 374 Å². The second-order valence-corrected chi connectivity index (χ2v) is 16.9. The molecule has 5 nitrogen and oxygen atoms in total. The van der Waals surface area contributed by atoms with Gasteiger partial charge >= 0.3 is 0 Å². The summed E-state index contributed by atoms with van der Waals surface area (Å²) in [5.41, 5.74) is 19.1. The Kier molecular flexibility index (Phi) is 9.91. The van der Waals surface area contributed by atoms with Crippen LogP contribution in [0.15, 0.2) is 215 Å². The number of fused-ring (bicyclic) bond motifs is 7. The first-order chi connectivity index (χ1) is 31.6. The third kappa shape index (κ3) is 6.72. The molecule has 0 amide bonds. The standard InChI is InChI=1S/C58H42N4OS/c1-3-42(57(59)61-58(60-36-37-17-7-5-8-18-37)40-29-27-39(28-30-40)38-19-9-6-10-20-38)54-47-35-41(31-34-52(47)63-51(54)4-2)43-32-33-50(56-55(43)46-23-13-16-26-53(46)64-56)62-48-24-14-11-21-44(48)45-22-12-15-25-49(45)62/h3-35H,1,36H2,2H3,(H2,59,60,61)/b51-4+,54-42+. The fourth-order valence-corrected chi connectivity index (χ4v) is 10.3. The van der Waals surface area contributed by atoms with Crippen LogP contribution in [-0.4, -0.2) is 16.2 Å². The molecule has 0 spiro atoms. The van der Waals surface area contributed by atoms with Gasteiger partial charge in [-0.1, -0.05) is 164 Å². The quantitative estimate of drug-likeness (QED) is 0.122. The highest BCUT2D eigenvalue weighted by Crippen LogP contribution is 2.45. The number of nitrogens with two attached hydrogens (primary N) is 1. The van der Waals surface area contributed by atoms with Gasteiger partial charge in [-0.2, -0.15) is 0 Å². The number of aliphatic imine (C=N–C) groups is 2. The van der Waals surface area contributed by atoms with E-state index in [0.717, 1.165) is 55.3 Å². The first kappa shape index (κ1) is 38.8. The molecule has 3 heterocycles. The van der Waals surface area contributed by atoms with E-state index in [2.05, 4.69) is 163 Å². The zero-order chi connectivity index (χ0) is 43.1. The molecule has 0 bridgehead atoms. The van der Waals surface area contributed by atoms with Crippen LogP contribution < -0.4 is 16.4 Å². The molecule has 11 aromatic rings. The van der Waals surface area contributed by atoms with Crippen LogP contribution >= 0.6 is 11.3 Å². The first-order valence-corrected chi connectivity index (χ1v) is 22.3. The van der Waals surface area contributed by atoms with Gasteiger partial charge in [0.15, 0.2) is 5.84 Å². The largest absolute Gasteiger partial charge is 0.456 e. The molecule has 0 aliphatic rings. The van der Waals surface area contributed by atoms with E-state index in [0.29, 0.717) is 29.2 Å². The van der Waals surface area contributed by atoms with Gasteiger partial charge in [-0.15, -0.1) is 11.3 Å². The van der Waals surface area contributed by atoms with E-state index in [-0.39, 0.29) is 0 Å². The summed E-state index contributed by atoms with van der Waals surface area (Å²) in [6, 6.07) is 66.0. The van der Waals surface area contributed by atoms with Crippen molar-refractivity contribution in [3.63, 3.8) is 0 Å². The summed E-state index contributed by atoms with van der Waals surface area (Å²) in [6.07, 6.45) is 3.75. The van der Waals surface area contributed by atoms with Crippen molar-refractivity contribution in [3.8, 4) is 27.9 Å². The zero-order valence-electron chi connectivity index (χ0n) is 35.2. The maximum atomic E-state index is 7.08. The van der Waals surface area contributed by atoms with E-state index in [4.69, 9.17) is 20.1 Å². The number of amidine groups is 2. The van der Waals surface area contributed by atoms with Gasteiger partial charge in [0.2, 0.25) is 0 Å². The zero-order valence-corrected chi connectivity index (χ0v) is 36.0. The predicted octanol–water partition coefficient (Wildman–Crippen LogP) is 13.4. The van der Waals surface area contributed by atoms with Crippen LogP contribution in [0.5, 0.6) is 0 Å². The average Bonchev–Trinajstić information content (AvgIpc) is 4.03. The molecule has 0 aliphatic heterocycles. The predicted molar refractivity (Wildman–Crippen MR) is 272 cm³/mol. The summed E-state index contributed by atoms with van der Waals surface area (Å²) >= 11 is 1.84. The Balaban J connectivity index is 1.09. The molecular weight excluding hydrogens is 801 g/mol. The molecule has 2 N–H and O–H groups in total. The van der Waals surface area contributed by atoms with E-state index in [1.54, 1.807) is 6.08 Å². The van der Waals surface area contributed by atoms with Crippen LogP contribution in [0.2, 0.25) is 0 Å². The highest BCUT2D eigenvalue weighted by molar-refractivity contribution is 7.26. The van der Waals surface area contributed by atoms with Gasteiger partial charge in [0.1, 0.15) is 16.8 Å². The molecule has 0 fully saturated rings. The second-order valence-electron chi connectivity index (χ2n) is 15.8. The van der Waals surface area contributed by atoms with Crippen LogP contribution in [0.4, 0.5) is 0 Å². The maximum absolute atomic E-state index is 7.08. The number of nitrogens with zero attached hydrogens (tertiary/aromatic N) is 3. The number of aromatic nitrogens is 1. The summed E-state index contributed by atoms with van der Waals surface area (Å²) in [4.78, 5) is 10.1. The summed E-state index contributed by atoms with van der Waals surface area (Å²) in [6.45, 7) is 6.70. The number of rotatable bonds is 8. The molecule has 3 aromatic heterocycles. The van der Waals surface area contributed by atoms with Crippen LogP contribution in [0.25, 0.3) is 92.5 Å². The molecule has 0 saturated carbocycles. The molecule has 11 rings (SSSR count). The van der Waals surface area contributed by atoms with Crippen LogP contribution in [0, 0.1) is 0 Å². The number of furan rings is 1. The molecule has 0 saturated heterocycles. The van der Waals surface area contributed by atoms with Gasteiger partial charge in [0.05, 0.1) is 28.0 Å². The topological polar surface area (TPSA) is 68.8 Å². The first-order valence-electron chi connectivity index (χ1n) is 21.5. The number of thiophene rings is 1. The lowest BCUT2D eigenvalue weighted by Crippen LogP contribution is -2.29. The number of hydrogen-bond acceptors (Lipinski definition) is 3. The lowest BCUT2D eigenvalue weighted by Gasteiger charge is -2.13. The molecule has 0 unspecified atom stereocenters. The monoisotopic (exact) mass is 842 g/mol. The van der Waals surface area contributed by atoms with Crippen molar-refractivity contribution in [2.24, 2.45) is 15.7 Å². The van der Waals surface area contributed by atoms with Crippen molar-refractivity contribution in [1.82, 2.24) is 4.57 Å². The Bertz CT molecular complexity index is 3720. The molecule has 8 aromatic carbocycles. The van der Waals surface area contributed by atoms with Crippen molar-refractivity contribution in [2.45, 2.75) is 13.5 Å². The van der Waals surface area contributed by atoms with E-state index >= 15 is 0 Å². The number of para-hydroxylation sites is 2. The Morgan fingerprint density at radius 2 is 1.28 bits per heavy atom. The molecule has 0 atom stereocenters. The minimum atomic E-state index is 0.298. The number of benzene rings is 8. The van der Waals surface area contributed by atoms with Gasteiger partial charge in [0.25, 0.3) is 0 Å². The Morgan fingerprint density at radius 3 is 1.98 bits per heavy atom.